The molecule has 1 unspecified atom stereocenters. The maximum atomic E-state index is 5.68. The molecule has 1 aromatic carbocycles. The summed E-state index contributed by atoms with van der Waals surface area (Å²) in [7, 11) is 0. The van der Waals surface area contributed by atoms with Gasteiger partial charge in [-0.3, -0.25) is 10.5 Å². The average Bonchev–Trinajstić information content (AvgIpc) is 2.83. The fraction of sp³-hybridized carbons (Fsp3) is 0.308. The zero-order chi connectivity index (χ0) is 13.1. The quantitative estimate of drug-likeness (QED) is 0.674. The molecule has 0 spiro atoms. The number of benzene rings is 1. The van der Waals surface area contributed by atoms with Crippen LogP contribution in [-0.2, 0) is 6.54 Å². The Morgan fingerprint density at radius 1 is 1.44 bits per heavy atom. The monoisotopic (exact) mass is 308 g/mol. The second kappa shape index (κ2) is 5.65. The van der Waals surface area contributed by atoms with Crippen molar-refractivity contribution in [2.24, 2.45) is 5.84 Å². The van der Waals surface area contributed by atoms with Gasteiger partial charge in [-0.25, -0.2) is 5.43 Å². The second-order valence-corrected chi connectivity index (χ2v) is 5.09. The molecule has 18 heavy (non-hydrogen) atoms. The first-order valence-corrected chi connectivity index (χ1v) is 6.69. The van der Waals surface area contributed by atoms with Crippen molar-refractivity contribution in [3.63, 3.8) is 0 Å². The van der Waals surface area contributed by atoms with Crippen LogP contribution in [0.1, 0.15) is 29.7 Å². The molecule has 0 aliphatic carbocycles. The van der Waals surface area contributed by atoms with E-state index in [0.29, 0.717) is 0 Å². The molecule has 2 rings (SSSR count). The SMILES string of the molecule is CCn1cc(C(NN)c2ccc(Br)c(C)c2)cn1. The summed E-state index contributed by atoms with van der Waals surface area (Å²) in [4.78, 5) is 0. The number of rotatable bonds is 4. The van der Waals surface area contributed by atoms with Gasteiger partial charge in [0.25, 0.3) is 0 Å². The van der Waals surface area contributed by atoms with Gasteiger partial charge in [0.2, 0.25) is 0 Å². The van der Waals surface area contributed by atoms with Gasteiger partial charge < -0.3 is 0 Å². The van der Waals surface area contributed by atoms with E-state index in [9.17, 15) is 0 Å². The van der Waals surface area contributed by atoms with Gasteiger partial charge in [-0.2, -0.15) is 5.10 Å². The fourth-order valence-corrected chi connectivity index (χ4v) is 2.18. The fourth-order valence-electron chi connectivity index (χ4n) is 1.93. The van der Waals surface area contributed by atoms with Gasteiger partial charge >= 0.3 is 0 Å². The maximum Gasteiger partial charge on any atom is 0.0740 e. The number of nitrogens with two attached hydrogens (primary N) is 1. The lowest BCUT2D eigenvalue weighted by atomic mass is 10.0. The van der Waals surface area contributed by atoms with Gasteiger partial charge in [0.15, 0.2) is 0 Å². The molecule has 2 aromatic rings. The third-order valence-electron chi connectivity index (χ3n) is 2.99. The largest absolute Gasteiger partial charge is 0.273 e. The van der Waals surface area contributed by atoms with Gasteiger partial charge in [0.05, 0.1) is 12.2 Å². The number of hydrogen-bond donors (Lipinski definition) is 2. The predicted octanol–water partition coefficient (Wildman–Crippen LogP) is 2.53. The zero-order valence-electron chi connectivity index (χ0n) is 10.5. The van der Waals surface area contributed by atoms with Gasteiger partial charge in [0, 0.05) is 22.8 Å². The predicted molar refractivity (Wildman–Crippen MR) is 75.9 cm³/mol. The first kappa shape index (κ1) is 13.3. The van der Waals surface area contributed by atoms with Crippen molar-refractivity contribution < 1.29 is 0 Å². The van der Waals surface area contributed by atoms with Crippen LogP contribution in [0, 0.1) is 6.92 Å². The highest BCUT2D eigenvalue weighted by atomic mass is 79.9. The van der Waals surface area contributed by atoms with E-state index in [4.69, 9.17) is 5.84 Å². The van der Waals surface area contributed by atoms with E-state index in [1.54, 1.807) is 0 Å². The number of halogens is 1. The van der Waals surface area contributed by atoms with E-state index >= 15 is 0 Å². The number of hydrazine groups is 1. The maximum absolute atomic E-state index is 5.68. The van der Waals surface area contributed by atoms with Crippen LogP contribution in [0.3, 0.4) is 0 Å². The molecule has 0 amide bonds. The van der Waals surface area contributed by atoms with Gasteiger partial charge in [-0.05, 0) is 31.0 Å². The molecule has 96 valence electrons. The third kappa shape index (κ3) is 2.63. The van der Waals surface area contributed by atoms with Crippen LogP contribution in [0.25, 0.3) is 0 Å². The van der Waals surface area contributed by atoms with Gasteiger partial charge in [0.1, 0.15) is 0 Å². The summed E-state index contributed by atoms with van der Waals surface area (Å²) >= 11 is 3.50. The molecular formula is C13H17BrN4. The van der Waals surface area contributed by atoms with Crippen LogP contribution in [0.5, 0.6) is 0 Å². The van der Waals surface area contributed by atoms with Crippen molar-refractivity contribution >= 4 is 15.9 Å². The van der Waals surface area contributed by atoms with Crippen LogP contribution in [0.15, 0.2) is 35.1 Å². The Morgan fingerprint density at radius 3 is 2.78 bits per heavy atom. The summed E-state index contributed by atoms with van der Waals surface area (Å²) in [6.45, 7) is 4.98. The van der Waals surface area contributed by atoms with E-state index in [-0.39, 0.29) is 6.04 Å². The Labute approximate surface area is 115 Å². The molecule has 0 radical (unpaired) electrons. The summed E-state index contributed by atoms with van der Waals surface area (Å²) in [5, 5.41) is 4.28. The minimum atomic E-state index is -0.0305. The minimum absolute atomic E-state index is 0.0305. The Kier molecular flexibility index (Phi) is 4.16. The van der Waals surface area contributed by atoms with E-state index < -0.39 is 0 Å². The molecule has 4 nitrogen and oxygen atoms in total. The van der Waals surface area contributed by atoms with Gasteiger partial charge in [-0.1, -0.05) is 28.1 Å². The summed E-state index contributed by atoms with van der Waals surface area (Å²) < 4.78 is 3.00. The molecule has 0 aliphatic rings. The van der Waals surface area contributed by atoms with Gasteiger partial charge in [-0.15, -0.1) is 0 Å². The number of aromatic nitrogens is 2. The first-order valence-electron chi connectivity index (χ1n) is 5.90. The van der Waals surface area contributed by atoms with E-state index in [2.05, 4.69) is 52.4 Å². The summed E-state index contributed by atoms with van der Waals surface area (Å²) in [5.74, 6) is 5.68. The Hall–Kier alpha value is -1.17. The normalized spacial score (nSPS) is 12.7. The molecule has 1 heterocycles. The smallest absolute Gasteiger partial charge is 0.0740 e. The Morgan fingerprint density at radius 2 is 2.22 bits per heavy atom. The lowest BCUT2D eigenvalue weighted by molar-refractivity contribution is 0.629. The number of hydrogen-bond acceptors (Lipinski definition) is 3. The number of nitrogens with zero attached hydrogens (tertiary/aromatic N) is 2. The molecule has 0 aliphatic heterocycles. The molecular weight excluding hydrogens is 292 g/mol. The summed E-state index contributed by atoms with van der Waals surface area (Å²) in [6, 6.07) is 6.19. The summed E-state index contributed by atoms with van der Waals surface area (Å²) in [5.41, 5.74) is 6.24. The van der Waals surface area contributed by atoms with Crippen LogP contribution in [-0.4, -0.2) is 9.78 Å². The highest BCUT2D eigenvalue weighted by molar-refractivity contribution is 9.10. The zero-order valence-corrected chi connectivity index (χ0v) is 12.1. The van der Waals surface area contributed by atoms with E-state index in [1.807, 2.05) is 23.1 Å². The van der Waals surface area contributed by atoms with Crippen LogP contribution < -0.4 is 11.3 Å². The van der Waals surface area contributed by atoms with Crippen LogP contribution in [0.2, 0.25) is 0 Å². The standard InChI is InChI=1S/C13H17BrN4/c1-3-18-8-11(7-16-18)13(17-15)10-4-5-12(14)9(2)6-10/h4-8,13,17H,3,15H2,1-2H3. The van der Waals surface area contributed by atoms with Crippen molar-refractivity contribution in [2.75, 3.05) is 0 Å². The Bertz CT molecular complexity index is 536. The number of aryl methyl sites for hydroxylation is 2. The van der Waals surface area contributed by atoms with Crippen LogP contribution in [0.4, 0.5) is 0 Å². The molecule has 3 N–H and O–H groups in total. The molecule has 0 saturated carbocycles. The minimum Gasteiger partial charge on any atom is -0.273 e. The topological polar surface area (TPSA) is 55.9 Å². The summed E-state index contributed by atoms with van der Waals surface area (Å²) in [6.07, 6.45) is 3.87. The lowest BCUT2D eigenvalue weighted by Gasteiger charge is -2.15. The van der Waals surface area contributed by atoms with Crippen molar-refractivity contribution in [3.8, 4) is 0 Å². The van der Waals surface area contributed by atoms with Crippen molar-refractivity contribution in [1.29, 1.82) is 0 Å². The molecule has 5 heteroatoms. The third-order valence-corrected chi connectivity index (χ3v) is 3.88. The van der Waals surface area contributed by atoms with E-state index in [0.717, 1.165) is 22.1 Å². The lowest BCUT2D eigenvalue weighted by Crippen LogP contribution is -2.28. The van der Waals surface area contributed by atoms with Crippen molar-refractivity contribution in [3.05, 3.63) is 51.8 Å². The van der Waals surface area contributed by atoms with Crippen LogP contribution >= 0.6 is 15.9 Å². The Balaban J connectivity index is 2.35. The molecule has 1 aromatic heterocycles. The van der Waals surface area contributed by atoms with E-state index in [1.165, 1.54) is 5.56 Å². The molecule has 0 fully saturated rings. The van der Waals surface area contributed by atoms with Crippen molar-refractivity contribution in [2.45, 2.75) is 26.4 Å². The highest BCUT2D eigenvalue weighted by Gasteiger charge is 2.14. The molecule has 1 atom stereocenters. The molecule has 0 bridgehead atoms. The van der Waals surface area contributed by atoms with Crippen molar-refractivity contribution in [1.82, 2.24) is 15.2 Å². The molecule has 0 saturated heterocycles. The highest BCUT2D eigenvalue weighted by Crippen LogP contribution is 2.25. The number of nitrogens with one attached hydrogen (secondary N) is 1. The second-order valence-electron chi connectivity index (χ2n) is 4.24. The average molecular weight is 309 g/mol. The first-order chi connectivity index (χ1) is 8.65.